The van der Waals surface area contributed by atoms with E-state index in [-0.39, 0.29) is 10.6 Å². The zero-order valence-electron chi connectivity index (χ0n) is 12.1. The van der Waals surface area contributed by atoms with Gasteiger partial charge in [-0.15, -0.1) is 0 Å². The van der Waals surface area contributed by atoms with Crippen LogP contribution in [0.15, 0.2) is 12.1 Å². The normalized spacial score (nSPS) is 18.3. The Bertz CT molecular complexity index is 478. The fraction of sp³-hybridized carbons (Fsp3) is 0.643. The van der Waals surface area contributed by atoms with Crippen LogP contribution in [0.2, 0.25) is 0 Å². The number of nitrogens with zero attached hydrogens (tertiary/aromatic N) is 3. The monoisotopic (exact) mass is 278 g/mol. The van der Waals surface area contributed by atoms with Crippen molar-refractivity contribution >= 4 is 17.3 Å². The van der Waals surface area contributed by atoms with E-state index in [9.17, 15) is 10.1 Å². The van der Waals surface area contributed by atoms with E-state index in [2.05, 4.69) is 24.1 Å². The second kappa shape index (κ2) is 6.54. The molecule has 1 aromatic rings. The molecule has 1 N–H and O–H groups in total. The molecule has 0 amide bonds. The molecule has 0 bridgehead atoms. The molecule has 0 radical (unpaired) electrons. The van der Waals surface area contributed by atoms with Gasteiger partial charge in [-0.25, -0.2) is 4.98 Å². The van der Waals surface area contributed by atoms with Crippen molar-refractivity contribution in [1.29, 1.82) is 0 Å². The Morgan fingerprint density at radius 1 is 1.50 bits per heavy atom. The highest BCUT2D eigenvalue weighted by Gasteiger charge is 2.28. The van der Waals surface area contributed by atoms with E-state index in [1.807, 2.05) is 4.90 Å². The van der Waals surface area contributed by atoms with Crippen molar-refractivity contribution in [1.82, 2.24) is 4.98 Å². The topological polar surface area (TPSA) is 71.3 Å². The minimum atomic E-state index is -0.342. The van der Waals surface area contributed by atoms with Gasteiger partial charge in [-0.1, -0.05) is 20.3 Å². The van der Waals surface area contributed by atoms with Gasteiger partial charge in [0.25, 0.3) is 0 Å². The van der Waals surface area contributed by atoms with Crippen LogP contribution >= 0.6 is 0 Å². The van der Waals surface area contributed by atoms with Crippen LogP contribution in [0.5, 0.6) is 0 Å². The van der Waals surface area contributed by atoms with Crippen molar-refractivity contribution in [2.24, 2.45) is 5.92 Å². The third kappa shape index (κ3) is 3.18. The first kappa shape index (κ1) is 14.6. The summed E-state index contributed by atoms with van der Waals surface area (Å²) in [7, 11) is 0. The average molecular weight is 278 g/mol. The zero-order chi connectivity index (χ0) is 14.5. The molecule has 20 heavy (non-hydrogen) atoms. The standard InChI is InChI=1S/C14H22N4O2/c1-3-8-15-13-6-5-12(18(19)20)14(16-13)17-9-7-11(4-2)10-17/h5-6,11H,3-4,7-10H2,1-2H3,(H,15,16). The van der Waals surface area contributed by atoms with Crippen LogP contribution in [0, 0.1) is 16.0 Å². The van der Waals surface area contributed by atoms with Crippen LogP contribution in [-0.4, -0.2) is 29.5 Å². The molecule has 6 heteroatoms. The average Bonchev–Trinajstić information content (AvgIpc) is 2.93. The van der Waals surface area contributed by atoms with Crippen molar-refractivity contribution in [2.75, 3.05) is 29.9 Å². The molecule has 6 nitrogen and oxygen atoms in total. The summed E-state index contributed by atoms with van der Waals surface area (Å²) in [5, 5.41) is 14.4. The largest absolute Gasteiger partial charge is 0.370 e. The number of rotatable bonds is 6. The summed E-state index contributed by atoms with van der Waals surface area (Å²) in [5.41, 5.74) is 0.101. The number of hydrogen-bond donors (Lipinski definition) is 1. The fourth-order valence-electron chi connectivity index (χ4n) is 2.53. The van der Waals surface area contributed by atoms with E-state index in [0.717, 1.165) is 38.9 Å². The first-order chi connectivity index (χ1) is 9.65. The third-order valence-electron chi connectivity index (χ3n) is 3.77. The molecule has 1 aliphatic heterocycles. The van der Waals surface area contributed by atoms with Gasteiger partial charge in [-0.2, -0.15) is 0 Å². The van der Waals surface area contributed by atoms with Crippen LogP contribution < -0.4 is 10.2 Å². The van der Waals surface area contributed by atoms with Gasteiger partial charge in [0.05, 0.1) is 4.92 Å². The molecule has 2 rings (SSSR count). The van der Waals surface area contributed by atoms with Crippen LogP contribution in [0.4, 0.5) is 17.3 Å². The van der Waals surface area contributed by atoms with E-state index in [0.29, 0.717) is 17.6 Å². The number of anilines is 2. The lowest BCUT2D eigenvalue weighted by Crippen LogP contribution is -2.22. The number of nitro groups is 1. The van der Waals surface area contributed by atoms with Crippen molar-refractivity contribution < 1.29 is 4.92 Å². The molecule has 2 heterocycles. The van der Waals surface area contributed by atoms with Gasteiger partial charge in [0.2, 0.25) is 5.82 Å². The molecule has 0 aliphatic carbocycles. The van der Waals surface area contributed by atoms with E-state index in [1.165, 1.54) is 0 Å². The number of aromatic nitrogens is 1. The van der Waals surface area contributed by atoms with Crippen LogP contribution in [0.1, 0.15) is 33.1 Å². The molecule has 1 atom stereocenters. The highest BCUT2D eigenvalue weighted by Crippen LogP contribution is 2.32. The summed E-state index contributed by atoms with van der Waals surface area (Å²) >= 11 is 0. The lowest BCUT2D eigenvalue weighted by atomic mass is 10.1. The maximum Gasteiger partial charge on any atom is 0.311 e. The Labute approximate surface area is 119 Å². The molecule has 1 aromatic heterocycles. The summed E-state index contributed by atoms with van der Waals surface area (Å²) < 4.78 is 0. The van der Waals surface area contributed by atoms with E-state index < -0.39 is 0 Å². The first-order valence-electron chi connectivity index (χ1n) is 7.30. The van der Waals surface area contributed by atoms with E-state index in [1.54, 1.807) is 12.1 Å². The summed E-state index contributed by atoms with van der Waals surface area (Å²) in [6, 6.07) is 3.24. The molecule has 1 unspecified atom stereocenters. The molecule has 110 valence electrons. The lowest BCUT2D eigenvalue weighted by Gasteiger charge is -2.18. The van der Waals surface area contributed by atoms with Gasteiger partial charge in [-0.3, -0.25) is 10.1 Å². The van der Waals surface area contributed by atoms with Gasteiger partial charge < -0.3 is 10.2 Å². The Morgan fingerprint density at radius 2 is 2.30 bits per heavy atom. The van der Waals surface area contributed by atoms with Gasteiger partial charge in [0.15, 0.2) is 0 Å². The Hall–Kier alpha value is -1.85. The zero-order valence-corrected chi connectivity index (χ0v) is 12.1. The number of pyridine rings is 1. The summed E-state index contributed by atoms with van der Waals surface area (Å²) in [6.07, 6.45) is 3.19. The second-order valence-corrected chi connectivity index (χ2v) is 5.23. The summed E-state index contributed by atoms with van der Waals surface area (Å²) in [6.45, 7) is 6.77. The highest BCUT2D eigenvalue weighted by molar-refractivity contribution is 5.62. The summed E-state index contributed by atoms with van der Waals surface area (Å²) in [5.74, 6) is 1.84. The molecule has 0 spiro atoms. The van der Waals surface area contributed by atoms with Crippen LogP contribution in [0.3, 0.4) is 0 Å². The van der Waals surface area contributed by atoms with Crippen molar-refractivity contribution in [3.05, 3.63) is 22.2 Å². The number of hydrogen-bond acceptors (Lipinski definition) is 5. The third-order valence-corrected chi connectivity index (χ3v) is 3.77. The Balaban J connectivity index is 2.25. The first-order valence-corrected chi connectivity index (χ1v) is 7.30. The molecule has 0 aromatic carbocycles. The van der Waals surface area contributed by atoms with Gasteiger partial charge >= 0.3 is 5.69 Å². The Kier molecular flexibility index (Phi) is 4.76. The molecule has 1 saturated heterocycles. The summed E-state index contributed by atoms with van der Waals surface area (Å²) in [4.78, 5) is 17.3. The van der Waals surface area contributed by atoms with E-state index >= 15 is 0 Å². The predicted molar refractivity (Wildman–Crippen MR) is 80.3 cm³/mol. The minimum Gasteiger partial charge on any atom is -0.370 e. The molecular formula is C14H22N4O2. The quantitative estimate of drug-likeness (QED) is 0.639. The number of nitrogens with one attached hydrogen (secondary N) is 1. The maximum absolute atomic E-state index is 11.2. The lowest BCUT2D eigenvalue weighted by molar-refractivity contribution is -0.384. The molecular weight excluding hydrogens is 256 g/mol. The van der Waals surface area contributed by atoms with Crippen LogP contribution in [-0.2, 0) is 0 Å². The minimum absolute atomic E-state index is 0.101. The van der Waals surface area contributed by atoms with Crippen molar-refractivity contribution in [2.45, 2.75) is 33.1 Å². The highest BCUT2D eigenvalue weighted by atomic mass is 16.6. The smallest absolute Gasteiger partial charge is 0.311 e. The van der Waals surface area contributed by atoms with Crippen LogP contribution in [0.25, 0.3) is 0 Å². The van der Waals surface area contributed by atoms with Gasteiger partial charge in [0.1, 0.15) is 5.82 Å². The maximum atomic E-state index is 11.2. The molecule has 1 aliphatic rings. The molecule has 1 fully saturated rings. The SMILES string of the molecule is CCCNc1ccc([N+](=O)[O-])c(N2CCC(CC)C2)n1. The second-order valence-electron chi connectivity index (χ2n) is 5.23. The van der Waals surface area contributed by atoms with Crippen molar-refractivity contribution in [3.8, 4) is 0 Å². The van der Waals surface area contributed by atoms with Crippen molar-refractivity contribution in [3.63, 3.8) is 0 Å². The van der Waals surface area contributed by atoms with Gasteiger partial charge in [0, 0.05) is 25.7 Å². The molecule has 0 saturated carbocycles. The Morgan fingerprint density at radius 3 is 2.90 bits per heavy atom. The van der Waals surface area contributed by atoms with Gasteiger partial charge in [-0.05, 0) is 24.8 Å². The fourth-order valence-corrected chi connectivity index (χ4v) is 2.53. The predicted octanol–water partition coefficient (Wildman–Crippen LogP) is 3.05. The van der Waals surface area contributed by atoms with E-state index in [4.69, 9.17) is 0 Å².